The maximum atomic E-state index is 13.9. The van der Waals surface area contributed by atoms with Gasteiger partial charge in [0.05, 0.1) is 24.3 Å². The number of aliphatic hydroxyl groups excluding tert-OH is 2. The van der Waals surface area contributed by atoms with E-state index in [1.807, 2.05) is 109 Å². The molecule has 0 heterocycles. The van der Waals surface area contributed by atoms with Crippen molar-refractivity contribution < 1.29 is 29.3 Å². The van der Waals surface area contributed by atoms with Crippen LogP contribution in [0, 0.1) is 5.92 Å². The first-order chi connectivity index (χ1) is 23.5. The van der Waals surface area contributed by atoms with Crippen LogP contribution in [0.3, 0.4) is 0 Å². The number of aryl methyl sites for hydroxylation is 1. The number of hydrogen-bond acceptors (Lipinski definition) is 6. The van der Waals surface area contributed by atoms with Gasteiger partial charge in [-0.15, -0.1) is 0 Å². The number of amides is 2. The van der Waals surface area contributed by atoms with E-state index in [0.29, 0.717) is 32.3 Å². The quantitative estimate of drug-likeness (QED) is 0.123. The summed E-state index contributed by atoms with van der Waals surface area (Å²) in [5.41, 5.74) is 4.25. The molecule has 0 saturated heterocycles. The highest BCUT2D eigenvalue weighted by Crippen LogP contribution is 2.32. The minimum atomic E-state index is -1.05. The van der Waals surface area contributed by atoms with E-state index >= 15 is 0 Å². The van der Waals surface area contributed by atoms with Crippen molar-refractivity contribution in [2.24, 2.45) is 5.92 Å². The summed E-state index contributed by atoms with van der Waals surface area (Å²) < 4.78 is 11.5. The molecule has 1 aliphatic rings. The van der Waals surface area contributed by atoms with Gasteiger partial charge in [0.2, 0.25) is 5.91 Å². The highest BCUT2D eigenvalue weighted by molar-refractivity contribution is 5.80. The molecule has 0 aliphatic heterocycles. The number of carbonyl (C=O) groups excluding carboxylic acids is 2. The molecule has 8 heteroatoms. The zero-order valence-electron chi connectivity index (χ0n) is 28.5. The molecule has 5 rings (SSSR count). The third-order valence-corrected chi connectivity index (χ3v) is 8.81. The topological polar surface area (TPSA) is 117 Å². The van der Waals surface area contributed by atoms with Gasteiger partial charge in [-0.3, -0.25) is 4.79 Å². The molecule has 0 unspecified atom stereocenters. The molecular formula is C41H48N2O6. The Morgan fingerprint density at radius 2 is 1.47 bits per heavy atom. The molecule has 4 N–H and O–H groups in total. The predicted molar refractivity (Wildman–Crippen MR) is 190 cm³/mol. The molecule has 0 fully saturated rings. The Bertz CT molecular complexity index is 1640. The second-order valence-corrected chi connectivity index (χ2v) is 13.9. The smallest absolute Gasteiger partial charge is 0.407 e. The summed E-state index contributed by atoms with van der Waals surface area (Å²) in [6, 6.07) is 33.9. The normalized spacial score (nSPS) is 17.3. The molecule has 0 spiro atoms. The maximum absolute atomic E-state index is 13.9. The Kier molecular flexibility index (Phi) is 12.1. The molecule has 4 aromatic rings. The first kappa shape index (κ1) is 35.6. The fraction of sp³-hybridized carbons (Fsp3) is 0.366. The van der Waals surface area contributed by atoms with Crippen LogP contribution in [0.1, 0.15) is 67.5 Å². The summed E-state index contributed by atoms with van der Waals surface area (Å²) in [4.78, 5) is 26.9. The van der Waals surface area contributed by atoms with Gasteiger partial charge in [-0.1, -0.05) is 97.1 Å². The van der Waals surface area contributed by atoms with Crippen molar-refractivity contribution in [1.82, 2.24) is 10.6 Å². The van der Waals surface area contributed by atoms with E-state index in [-0.39, 0.29) is 12.3 Å². The summed E-state index contributed by atoms with van der Waals surface area (Å²) >= 11 is 0. The molecule has 49 heavy (non-hydrogen) atoms. The number of benzene rings is 4. The Balaban J connectivity index is 1.28. The van der Waals surface area contributed by atoms with Crippen molar-refractivity contribution in [2.75, 3.05) is 0 Å². The van der Waals surface area contributed by atoms with E-state index in [1.165, 1.54) is 0 Å². The third kappa shape index (κ3) is 10.7. The van der Waals surface area contributed by atoms with Crippen LogP contribution in [0.2, 0.25) is 0 Å². The van der Waals surface area contributed by atoms with Gasteiger partial charge < -0.3 is 30.3 Å². The Morgan fingerprint density at radius 1 is 0.837 bits per heavy atom. The van der Waals surface area contributed by atoms with E-state index in [1.54, 1.807) is 20.8 Å². The zero-order chi connectivity index (χ0) is 34.8. The summed E-state index contributed by atoms with van der Waals surface area (Å²) in [5.74, 6) is -0.132. The standard InChI is InChI=1S/C41H48N2O6/c1-41(2,3)49-40(47)42-35(23-20-28-18-21-33(22-19-28)48-27-30-14-8-5-9-15-30)36(44)26-32(24-29-12-6-4-7-13-29)39(46)43-38-34-17-11-10-16-31(34)25-37(38)45/h4-19,21-22,32,35-38,44-45H,20,23-27H2,1-3H3,(H,42,47)(H,43,46)/t32-,35+,36+,37+,38-/m1/s1. The van der Waals surface area contributed by atoms with E-state index in [4.69, 9.17) is 9.47 Å². The van der Waals surface area contributed by atoms with Crippen LogP contribution in [0.5, 0.6) is 5.75 Å². The second-order valence-electron chi connectivity index (χ2n) is 13.9. The number of aliphatic hydroxyl groups is 2. The Labute approximate surface area is 289 Å². The summed E-state index contributed by atoms with van der Waals surface area (Å²) in [6.45, 7) is 5.83. The lowest BCUT2D eigenvalue weighted by Crippen LogP contribution is -2.48. The summed E-state index contributed by atoms with van der Waals surface area (Å²) in [7, 11) is 0. The van der Waals surface area contributed by atoms with E-state index in [9.17, 15) is 19.8 Å². The average molecular weight is 665 g/mol. The number of hydrogen-bond donors (Lipinski definition) is 4. The third-order valence-electron chi connectivity index (χ3n) is 8.81. The minimum Gasteiger partial charge on any atom is -0.489 e. The molecule has 1 aliphatic carbocycles. The fourth-order valence-electron chi connectivity index (χ4n) is 6.29. The first-order valence-corrected chi connectivity index (χ1v) is 17.1. The molecule has 258 valence electrons. The van der Waals surface area contributed by atoms with Crippen molar-refractivity contribution in [3.63, 3.8) is 0 Å². The lowest BCUT2D eigenvalue weighted by atomic mass is 9.88. The van der Waals surface area contributed by atoms with E-state index in [2.05, 4.69) is 10.6 Å². The second kappa shape index (κ2) is 16.6. The van der Waals surface area contributed by atoms with Crippen LogP contribution in [-0.2, 0) is 35.4 Å². The van der Waals surface area contributed by atoms with Crippen LogP contribution in [0.25, 0.3) is 0 Å². The van der Waals surface area contributed by atoms with Crippen LogP contribution < -0.4 is 15.4 Å². The van der Waals surface area contributed by atoms with Gasteiger partial charge in [0.15, 0.2) is 0 Å². The number of fused-ring (bicyclic) bond motifs is 1. The molecule has 0 aromatic heterocycles. The monoisotopic (exact) mass is 664 g/mol. The lowest BCUT2D eigenvalue weighted by Gasteiger charge is -2.29. The SMILES string of the molecule is CC(C)(C)OC(=O)N[C@@H](CCc1ccc(OCc2ccccc2)cc1)[C@@H](O)C[C@@H](Cc1ccccc1)C(=O)N[C@@H]1c2ccccc2C[C@@H]1O. The highest BCUT2D eigenvalue weighted by Gasteiger charge is 2.35. The molecule has 0 saturated carbocycles. The molecule has 2 amide bonds. The number of ether oxygens (including phenoxy) is 2. The first-order valence-electron chi connectivity index (χ1n) is 17.1. The van der Waals surface area contributed by atoms with Crippen molar-refractivity contribution >= 4 is 12.0 Å². The summed E-state index contributed by atoms with van der Waals surface area (Å²) in [6.07, 6.45) is -0.487. The van der Waals surface area contributed by atoms with Gasteiger partial charge in [-0.25, -0.2) is 4.79 Å². The lowest BCUT2D eigenvalue weighted by molar-refractivity contribution is -0.127. The number of nitrogens with one attached hydrogen (secondary N) is 2. The number of carbonyl (C=O) groups is 2. The van der Waals surface area contributed by atoms with Crippen molar-refractivity contribution in [1.29, 1.82) is 0 Å². The van der Waals surface area contributed by atoms with Crippen LogP contribution in [0.4, 0.5) is 4.79 Å². The molecule has 5 atom stereocenters. The average Bonchev–Trinajstić information content (AvgIpc) is 3.40. The van der Waals surface area contributed by atoms with Gasteiger partial charge in [0.1, 0.15) is 18.0 Å². The molecule has 4 aromatic carbocycles. The van der Waals surface area contributed by atoms with Gasteiger partial charge in [0.25, 0.3) is 0 Å². The molecule has 8 nitrogen and oxygen atoms in total. The fourth-order valence-corrected chi connectivity index (χ4v) is 6.29. The Hall–Kier alpha value is -4.66. The zero-order valence-corrected chi connectivity index (χ0v) is 28.5. The highest BCUT2D eigenvalue weighted by atomic mass is 16.6. The molecule has 0 radical (unpaired) electrons. The summed E-state index contributed by atoms with van der Waals surface area (Å²) in [5, 5.41) is 28.5. The van der Waals surface area contributed by atoms with Crippen LogP contribution in [0.15, 0.2) is 109 Å². The molecule has 0 bridgehead atoms. The Morgan fingerprint density at radius 3 is 2.14 bits per heavy atom. The van der Waals surface area contributed by atoms with Gasteiger partial charge in [-0.2, -0.15) is 0 Å². The van der Waals surface area contributed by atoms with Gasteiger partial charge in [0, 0.05) is 12.3 Å². The van der Waals surface area contributed by atoms with E-state index in [0.717, 1.165) is 33.6 Å². The maximum Gasteiger partial charge on any atom is 0.407 e. The largest absolute Gasteiger partial charge is 0.489 e. The predicted octanol–water partition coefficient (Wildman–Crippen LogP) is 6.48. The van der Waals surface area contributed by atoms with Crippen molar-refractivity contribution in [3.05, 3.63) is 137 Å². The van der Waals surface area contributed by atoms with Gasteiger partial charge >= 0.3 is 6.09 Å². The van der Waals surface area contributed by atoms with Crippen molar-refractivity contribution in [3.8, 4) is 5.75 Å². The van der Waals surface area contributed by atoms with E-state index < -0.39 is 41.9 Å². The van der Waals surface area contributed by atoms with Gasteiger partial charge in [-0.05, 0) is 86.4 Å². The number of alkyl carbamates (subject to hydrolysis) is 1. The van der Waals surface area contributed by atoms with Crippen LogP contribution in [-0.4, -0.2) is 46.1 Å². The minimum absolute atomic E-state index is 0.0952. The van der Waals surface area contributed by atoms with Crippen LogP contribution >= 0.6 is 0 Å². The van der Waals surface area contributed by atoms with Crippen molar-refractivity contribution in [2.45, 2.75) is 89.4 Å². The number of rotatable bonds is 14. The molecular weight excluding hydrogens is 616 g/mol.